The molecular weight excluding hydrogens is 243 g/mol. The largest absolute Gasteiger partial charge is 0.462 e. The third-order valence-electron chi connectivity index (χ3n) is 1.81. The maximum atomic E-state index is 12.5. The summed E-state index contributed by atoms with van der Waals surface area (Å²) in [7, 11) is 0. The van der Waals surface area contributed by atoms with Gasteiger partial charge in [0, 0.05) is 5.92 Å². The van der Waals surface area contributed by atoms with Gasteiger partial charge in [0.15, 0.2) is 0 Å². The number of nitrogens with one attached hydrogen (secondary N) is 1. The molecule has 2 N–H and O–H groups in total. The van der Waals surface area contributed by atoms with Crippen LogP contribution in [-0.2, 0) is 14.3 Å². The van der Waals surface area contributed by atoms with Crippen LogP contribution >= 0.6 is 0 Å². The number of carbonyl (C=O) groups is 2. The van der Waals surface area contributed by atoms with Crippen molar-refractivity contribution in [3.8, 4) is 0 Å². The first kappa shape index (κ1) is 15.7. The second-order valence-electron chi connectivity index (χ2n) is 3.57. The number of aliphatic hydroxyl groups is 1. The summed E-state index contributed by atoms with van der Waals surface area (Å²) in [5.74, 6) is -3.89. The monoisotopic (exact) mass is 257 g/mol. The number of halogens is 3. The molecule has 0 aliphatic heterocycles. The molecular formula is C9H14F3NO4. The van der Waals surface area contributed by atoms with Gasteiger partial charge in [-0.05, 0) is 6.92 Å². The number of esters is 1. The van der Waals surface area contributed by atoms with E-state index in [1.807, 2.05) is 0 Å². The van der Waals surface area contributed by atoms with E-state index in [4.69, 9.17) is 0 Å². The highest BCUT2D eigenvalue weighted by molar-refractivity contribution is 5.88. The summed E-state index contributed by atoms with van der Waals surface area (Å²) >= 11 is 0. The van der Waals surface area contributed by atoms with Crippen LogP contribution in [0, 0.1) is 5.92 Å². The van der Waals surface area contributed by atoms with Gasteiger partial charge >= 0.3 is 17.9 Å². The minimum absolute atomic E-state index is 0.352. The van der Waals surface area contributed by atoms with Crippen LogP contribution in [-0.4, -0.2) is 35.5 Å². The normalized spacial score (nSPS) is 15.3. The molecule has 0 aromatic rings. The van der Waals surface area contributed by atoms with Crippen LogP contribution in [0.2, 0.25) is 0 Å². The zero-order valence-corrected chi connectivity index (χ0v) is 9.59. The van der Waals surface area contributed by atoms with Gasteiger partial charge in [-0.3, -0.25) is 4.79 Å². The lowest BCUT2D eigenvalue weighted by Crippen LogP contribution is -2.65. The van der Waals surface area contributed by atoms with E-state index >= 15 is 0 Å². The van der Waals surface area contributed by atoms with Crippen molar-refractivity contribution in [1.82, 2.24) is 5.32 Å². The molecule has 0 saturated heterocycles. The Morgan fingerprint density at radius 3 is 2.12 bits per heavy atom. The number of amides is 1. The van der Waals surface area contributed by atoms with Crippen molar-refractivity contribution in [2.45, 2.75) is 32.7 Å². The van der Waals surface area contributed by atoms with Gasteiger partial charge in [0.2, 0.25) is 5.91 Å². The first-order valence-electron chi connectivity index (χ1n) is 4.84. The van der Waals surface area contributed by atoms with Crippen LogP contribution in [0.4, 0.5) is 13.2 Å². The fourth-order valence-electron chi connectivity index (χ4n) is 0.796. The van der Waals surface area contributed by atoms with Crippen molar-refractivity contribution in [2.24, 2.45) is 5.92 Å². The molecule has 0 spiro atoms. The second kappa shape index (κ2) is 5.35. The maximum Gasteiger partial charge on any atom is 0.448 e. The zero-order chi connectivity index (χ0) is 13.9. The number of carbonyl (C=O) groups excluding carboxylic acids is 2. The lowest BCUT2D eigenvalue weighted by Gasteiger charge is -2.29. The molecule has 0 aliphatic carbocycles. The van der Waals surface area contributed by atoms with Crippen LogP contribution in [0.15, 0.2) is 0 Å². The standard InChI is InChI=1S/C9H14F3NO4/c1-4-17-7(15)8(16,9(10,11)12)13-6(14)5(2)3/h5,16H,4H2,1-3H3,(H,13,14). The van der Waals surface area contributed by atoms with E-state index in [1.54, 1.807) is 0 Å². The van der Waals surface area contributed by atoms with E-state index in [0.29, 0.717) is 0 Å². The highest BCUT2D eigenvalue weighted by Gasteiger charge is 2.62. The molecule has 0 radical (unpaired) electrons. The summed E-state index contributed by atoms with van der Waals surface area (Å²) in [6.45, 7) is 3.56. The number of hydrogen-bond acceptors (Lipinski definition) is 4. The van der Waals surface area contributed by atoms with Gasteiger partial charge in [-0.15, -0.1) is 0 Å². The second-order valence-corrected chi connectivity index (χ2v) is 3.57. The molecule has 1 amide bonds. The van der Waals surface area contributed by atoms with Gasteiger partial charge in [-0.25, -0.2) is 4.79 Å². The average Bonchev–Trinajstić information content (AvgIpc) is 2.15. The van der Waals surface area contributed by atoms with Crippen LogP contribution in [0.25, 0.3) is 0 Å². The topological polar surface area (TPSA) is 75.6 Å². The van der Waals surface area contributed by atoms with E-state index in [2.05, 4.69) is 4.74 Å². The first-order valence-corrected chi connectivity index (χ1v) is 4.84. The molecule has 0 fully saturated rings. The van der Waals surface area contributed by atoms with E-state index < -0.39 is 29.7 Å². The summed E-state index contributed by atoms with van der Waals surface area (Å²) < 4.78 is 41.7. The highest BCUT2D eigenvalue weighted by atomic mass is 19.4. The molecule has 0 heterocycles. The molecule has 17 heavy (non-hydrogen) atoms. The Labute approximate surface area is 95.9 Å². The van der Waals surface area contributed by atoms with Gasteiger partial charge in [-0.2, -0.15) is 13.2 Å². The van der Waals surface area contributed by atoms with Crippen molar-refractivity contribution in [3.63, 3.8) is 0 Å². The number of alkyl halides is 3. The predicted octanol–water partition coefficient (Wildman–Crippen LogP) is 0.573. The molecule has 0 bridgehead atoms. The first-order chi connectivity index (χ1) is 7.56. The third kappa shape index (κ3) is 3.58. The zero-order valence-electron chi connectivity index (χ0n) is 9.59. The molecule has 1 unspecified atom stereocenters. The molecule has 0 aromatic carbocycles. The predicted molar refractivity (Wildman–Crippen MR) is 50.6 cm³/mol. The molecule has 100 valence electrons. The Morgan fingerprint density at radius 2 is 1.82 bits per heavy atom. The summed E-state index contributed by atoms with van der Waals surface area (Å²) in [5, 5.41) is 10.5. The molecule has 8 heteroatoms. The van der Waals surface area contributed by atoms with Crippen molar-refractivity contribution in [3.05, 3.63) is 0 Å². The summed E-state index contributed by atoms with van der Waals surface area (Å²) in [5.41, 5.74) is -4.01. The summed E-state index contributed by atoms with van der Waals surface area (Å²) in [6.07, 6.45) is -5.36. The lowest BCUT2D eigenvalue weighted by molar-refractivity contribution is -0.271. The Kier molecular flexibility index (Phi) is 4.94. The Balaban J connectivity index is 5.13. The lowest BCUT2D eigenvalue weighted by atomic mass is 10.1. The van der Waals surface area contributed by atoms with Crippen molar-refractivity contribution in [1.29, 1.82) is 0 Å². The Bertz CT molecular complexity index is 303. The number of ether oxygens (including phenoxy) is 1. The molecule has 0 saturated carbocycles. The van der Waals surface area contributed by atoms with Crippen molar-refractivity contribution >= 4 is 11.9 Å². The van der Waals surface area contributed by atoms with Gasteiger partial charge < -0.3 is 15.2 Å². The van der Waals surface area contributed by atoms with E-state index in [-0.39, 0.29) is 6.61 Å². The summed E-state index contributed by atoms with van der Waals surface area (Å²) in [6, 6.07) is 0. The quantitative estimate of drug-likeness (QED) is 0.570. The SMILES string of the molecule is CCOC(=O)C(O)(NC(=O)C(C)C)C(F)(F)F. The average molecular weight is 257 g/mol. The molecule has 5 nitrogen and oxygen atoms in total. The van der Waals surface area contributed by atoms with E-state index in [9.17, 15) is 27.9 Å². The van der Waals surface area contributed by atoms with Crippen molar-refractivity contribution in [2.75, 3.05) is 6.61 Å². The smallest absolute Gasteiger partial charge is 0.448 e. The van der Waals surface area contributed by atoms with Crippen LogP contribution in [0.1, 0.15) is 20.8 Å². The molecule has 0 aromatic heterocycles. The van der Waals surface area contributed by atoms with Gasteiger partial charge in [0.1, 0.15) is 0 Å². The van der Waals surface area contributed by atoms with E-state index in [1.165, 1.54) is 26.1 Å². The Hall–Kier alpha value is -1.31. The van der Waals surface area contributed by atoms with Crippen LogP contribution in [0.3, 0.4) is 0 Å². The Morgan fingerprint density at radius 1 is 1.35 bits per heavy atom. The number of rotatable bonds is 4. The fraction of sp³-hybridized carbons (Fsp3) is 0.778. The number of hydrogen-bond donors (Lipinski definition) is 2. The molecule has 0 aliphatic rings. The third-order valence-corrected chi connectivity index (χ3v) is 1.81. The molecule has 0 rings (SSSR count). The van der Waals surface area contributed by atoms with Crippen LogP contribution in [0.5, 0.6) is 0 Å². The highest BCUT2D eigenvalue weighted by Crippen LogP contribution is 2.29. The van der Waals surface area contributed by atoms with Gasteiger partial charge in [0.05, 0.1) is 6.61 Å². The maximum absolute atomic E-state index is 12.5. The minimum atomic E-state index is -5.36. The van der Waals surface area contributed by atoms with E-state index in [0.717, 1.165) is 0 Å². The molecule has 1 atom stereocenters. The van der Waals surface area contributed by atoms with Gasteiger partial charge in [0.25, 0.3) is 0 Å². The summed E-state index contributed by atoms with van der Waals surface area (Å²) in [4.78, 5) is 22.2. The minimum Gasteiger partial charge on any atom is -0.462 e. The fourth-order valence-corrected chi connectivity index (χ4v) is 0.796. The van der Waals surface area contributed by atoms with Gasteiger partial charge in [-0.1, -0.05) is 13.8 Å². The van der Waals surface area contributed by atoms with Crippen LogP contribution < -0.4 is 5.32 Å². The van der Waals surface area contributed by atoms with Crippen molar-refractivity contribution < 1.29 is 32.6 Å².